The van der Waals surface area contributed by atoms with E-state index in [4.69, 9.17) is 9.84 Å². The Kier molecular flexibility index (Phi) is 13.7. The number of hydrogen-bond donors (Lipinski definition) is 1. The lowest BCUT2D eigenvalue weighted by molar-refractivity contribution is 0.111. The molecular formula is C24H33BrO4. The number of aromatic hydroxyl groups is 1. The number of hydrogen-bond acceptors (Lipinski definition) is 4. The Morgan fingerprint density at radius 1 is 0.862 bits per heavy atom. The largest absolute Gasteiger partial charge is 0.508 e. The Bertz CT molecular complexity index is 724. The zero-order chi connectivity index (χ0) is 19.5. The summed E-state index contributed by atoms with van der Waals surface area (Å²) in [5.74, 6) is 0.939. The summed E-state index contributed by atoms with van der Waals surface area (Å²) in [4.78, 5) is 21.4. The van der Waals surface area contributed by atoms with Gasteiger partial charge >= 0.3 is 0 Å². The second-order valence-corrected chi connectivity index (χ2v) is 7.90. The number of halogens is 1. The van der Waals surface area contributed by atoms with Gasteiger partial charge in [-0.1, -0.05) is 61.5 Å². The fraction of sp³-hybridized carbons (Fsp3) is 0.417. The lowest BCUT2D eigenvalue weighted by Gasteiger charge is -2.26. The quantitative estimate of drug-likeness (QED) is 0.397. The summed E-state index contributed by atoms with van der Waals surface area (Å²) in [5.41, 5.74) is 1.17. The van der Waals surface area contributed by atoms with E-state index in [-0.39, 0.29) is 20.6 Å². The predicted octanol–water partition coefficient (Wildman–Crippen LogP) is 6.84. The summed E-state index contributed by atoms with van der Waals surface area (Å²) in [5, 5.41) is 8.79. The van der Waals surface area contributed by atoms with Crippen LogP contribution in [-0.2, 0) is 0 Å². The van der Waals surface area contributed by atoms with Gasteiger partial charge in [-0.15, -0.1) is 0 Å². The van der Waals surface area contributed by atoms with E-state index in [0.29, 0.717) is 23.5 Å². The molecule has 2 aliphatic rings. The number of phenols is 1. The number of alkyl halides is 1. The molecule has 0 atom stereocenters. The van der Waals surface area contributed by atoms with Crippen molar-refractivity contribution in [3.8, 4) is 11.5 Å². The van der Waals surface area contributed by atoms with Crippen LogP contribution in [0.2, 0.25) is 0 Å². The molecule has 0 spiro atoms. The van der Waals surface area contributed by atoms with Crippen molar-refractivity contribution < 1.29 is 19.4 Å². The van der Waals surface area contributed by atoms with Gasteiger partial charge in [-0.3, -0.25) is 9.59 Å². The Hall–Kier alpha value is -2.14. The second-order valence-electron chi connectivity index (χ2n) is 6.60. The molecule has 0 unspecified atom stereocenters. The van der Waals surface area contributed by atoms with Crippen LogP contribution < -0.4 is 4.74 Å². The monoisotopic (exact) mass is 464 g/mol. The summed E-state index contributed by atoms with van der Waals surface area (Å²) in [6, 6.07) is 13.5. The highest BCUT2D eigenvalue weighted by Crippen LogP contribution is 2.25. The molecule has 0 aromatic heterocycles. The zero-order valence-electron chi connectivity index (χ0n) is 15.2. The third kappa shape index (κ3) is 10.3. The van der Waals surface area contributed by atoms with Gasteiger partial charge in [0, 0.05) is 16.0 Å². The smallest absolute Gasteiger partial charge is 0.150 e. The molecule has 2 aromatic carbocycles. The highest BCUT2D eigenvalue weighted by molar-refractivity contribution is 9.09. The number of carbonyl (C=O) groups is 2. The number of aldehydes is 2. The minimum atomic E-state index is 0. The fourth-order valence-electron chi connectivity index (χ4n) is 2.30. The molecule has 2 fully saturated rings. The van der Waals surface area contributed by atoms with Gasteiger partial charge in [0.1, 0.15) is 24.1 Å². The number of rotatable bonds is 4. The normalized spacial score (nSPS) is 14.5. The highest BCUT2D eigenvalue weighted by Gasteiger charge is 2.18. The van der Waals surface area contributed by atoms with Crippen molar-refractivity contribution in [2.24, 2.45) is 0 Å². The molecule has 2 aromatic rings. The molecule has 160 valence electrons. The zero-order valence-corrected chi connectivity index (χ0v) is 16.8. The molecule has 0 aliphatic heterocycles. The maximum Gasteiger partial charge on any atom is 0.150 e. The van der Waals surface area contributed by atoms with E-state index in [1.165, 1.54) is 37.8 Å². The van der Waals surface area contributed by atoms with Crippen LogP contribution in [0.3, 0.4) is 0 Å². The minimum Gasteiger partial charge on any atom is -0.508 e. The molecule has 0 saturated heterocycles. The molecule has 0 radical (unpaired) electrons. The van der Waals surface area contributed by atoms with Crippen molar-refractivity contribution in [1.82, 2.24) is 0 Å². The van der Waals surface area contributed by atoms with Crippen molar-refractivity contribution in [2.75, 3.05) is 0 Å². The average molecular weight is 465 g/mol. The Labute approximate surface area is 183 Å². The van der Waals surface area contributed by atoms with Crippen LogP contribution >= 0.6 is 15.9 Å². The Balaban J connectivity index is 0.000000429. The highest BCUT2D eigenvalue weighted by atomic mass is 79.9. The van der Waals surface area contributed by atoms with Gasteiger partial charge in [-0.05, 0) is 56.4 Å². The third-order valence-electron chi connectivity index (χ3n) is 4.39. The van der Waals surface area contributed by atoms with E-state index < -0.39 is 0 Å². The van der Waals surface area contributed by atoms with Gasteiger partial charge in [0.15, 0.2) is 0 Å². The molecule has 1 N–H and O–H groups in total. The lowest BCUT2D eigenvalue weighted by atomic mass is 9.96. The van der Waals surface area contributed by atoms with Crippen molar-refractivity contribution in [3.05, 3.63) is 59.7 Å². The number of benzene rings is 2. The first-order valence-corrected chi connectivity index (χ1v) is 10.1. The van der Waals surface area contributed by atoms with E-state index in [1.807, 2.05) is 12.1 Å². The molecule has 0 bridgehead atoms. The minimum absolute atomic E-state index is 0. The maximum absolute atomic E-state index is 10.5. The predicted molar refractivity (Wildman–Crippen MR) is 124 cm³/mol. The van der Waals surface area contributed by atoms with E-state index in [0.717, 1.165) is 29.7 Å². The van der Waals surface area contributed by atoms with Crippen LogP contribution in [0.15, 0.2) is 48.5 Å². The summed E-state index contributed by atoms with van der Waals surface area (Å²) >= 11 is 3.46. The standard InChI is InChI=1S/C11H12O2.C7H6O2.C4H7Br.2CH4/c12-8-9-3-1-6-11(7-9)13-10-4-2-5-10;8-5-6-2-1-3-7(9)4-6;5-4-2-1-3-4;;/h1,3,6-8,10H,2,4-5H2;1-5,9H;4H,1-3H2;2*1H4. The van der Waals surface area contributed by atoms with Gasteiger partial charge in [0.05, 0.1) is 6.10 Å². The van der Waals surface area contributed by atoms with Crippen molar-refractivity contribution in [1.29, 1.82) is 0 Å². The Morgan fingerprint density at radius 3 is 1.76 bits per heavy atom. The van der Waals surface area contributed by atoms with Gasteiger partial charge in [0.25, 0.3) is 0 Å². The SMILES string of the molecule is BrC1CCC1.C.C.O=Cc1cccc(O)c1.O=Cc1cccc(OC2CCC2)c1. The van der Waals surface area contributed by atoms with Crippen molar-refractivity contribution >= 4 is 28.5 Å². The van der Waals surface area contributed by atoms with Crippen molar-refractivity contribution in [3.63, 3.8) is 0 Å². The van der Waals surface area contributed by atoms with Gasteiger partial charge in [-0.25, -0.2) is 0 Å². The summed E-state index contributed by atoms with van der Waals surface area (Å²) in [7, 11) is 0. The number of carbonyl (C=O) groups excluding carboxylic acids is 2. The van der Waals surface area contributed by atoms with E-state index in [1.54, 1.807) is 24.3 Å². The first kappa shape index (κ1) is 26.9. The average Bonchev–Trinajstić information content (AvgIpc) is 2.64. The van der Waals surface area contributed by atoms with Crippen molar-refractivity contribution in [2.45, 2.75) is 64.3 Å². The molecule has 5 heteroatoms. The molecule has 4 rings (SSSR count). The first-order valence-electron chi connectivity index (χ1n) is 9.21. The first-order chi connectivity index (χ1) is 13.1. The van der Waals surface area contributed by atoms with E-state index in [9.17, 15) is 9.59 Å². The second kappa shape index (κ2) is 14.8. The fourth-order valence-corrected chi connectivity index (χ4v) is 2.95. The van der Waals surface area contributed by atoms with Crippen LogP contribution in [-0.4, -0.2) is 28.6 Å². The topological polar surface area (TPSA) is 63.6 Å². The molecule has 0 heterocycles. The molecule has 2 aliphatic carbocycles. The van der Waals surface area contributed by atoms with Crippen LogP contribution in [0.5, 0.6) is 11.5 Å². The van der Waals surface area contributed by atoms with Crippen LogP contribution in [0.4, 0.5) is 0 Å². The molecule has 29 heavy (non-hydrogen) atoms. The third-order valence-corrected chi connectivity index (χ3v) is 5.31. The van der Waals surface area contributed by atoms with E-state index in [2.05, 4.69) is 15.9 Å². The van der Waals surface area contributed by atoms with E-state index >= 15 is 0 Å². The lowest BCUT2D eigenvalue weighted by Crippen LogP contribution is -2.24. The number of ether oxygens (including phenoxy) is 1. The van der Waals surface area contributed by atoms with Gasteiger partial charge in [0.2, 0.25) is 0 Å². The summed E-state index contributed by atoms with van der Waals surface area (Å²) < 4.78 is 5.63. The Morgan fingerprint density at radius 2 is 1.38 bits per heavy atom. The maximum atomic E-state index is 10.5. The van der Waals surface area contributed by atoms with Crippen LogP contribution in [0.25, 0.3) is 0 Å². The molecular weight excluding hydrogens is 432 g/mol. The summed E-state index contributed by atoms with van der Waals surface area (Å²) in [6.45, 7) is 0. The molecule has 4 nitrogen and oxygen atoms in total. The summed E-state index contributed by atoms with van der Waals surface area (Å²) in [6.07, 6.45) is 9.71. The molecule has 0 amide bonds. The van der Waals surface area contributed by atoms with Gasteiger partial charge in [-0.2, -0.15) is 0 Å². The van der Waals surface area contributed by atoms with Gasteiger partial charge < -0.3 is 9.84 Å². The molecule has 2 saturated carbocycles. The number of phenolic OH excluding ortho intramolecular Hbond substituents is 1. The van der Waals surface area contributed by atoms with Crippen LogP contribution in [0, 0.1) is 0 Å². The van der Waals surface area contributed by atoms with Crippen LogP contribution in [0.1, 0.15) is 74.1 Å².